The third-order valence-corrected chi connectivity index (χ3v) is 5.13. The molecular weight excluding hydrogens is 355 g/mol. The highest BCUT2D eigenvalue weighted by Crippen LogP contribution is 2.31. The van der Waals surface area contributed by atoms with Crippen LogP contribution in [0.4, 0.5) is 4.39 Å². The molecule has 0 amide bonds. The van der Waals surface area contributed by atoms with Crippen LogP contribution in [0.25, 0.3) is 17.2 Å². The Hall–Kier alpha value is -2.01. The second-order valence-corrected chi connectivity index (χ2v) is 7.55. The second kappa shape index (κ2) is 8.99. The first kappa shape index (κ1) is 20.7. The molecule has 0 saturated carbocycles. The first-order valence-electron chi connectivity index (χ1n) is 9.88. The van der Waals surface area contributed by atoms with Crippen LogP contribution >= 0.6 is 0 Å². The van der Waals surface area contributed by atoms with Crippen LogP contribution in [0.1, 0.15) is 42.0 Å². The van der Waals surface area contributed by atoms with E-state index in [0.29, 0.717) is 25.0 Å². The maximum atomic E-state index is 13.7. The Labute approximate surface area is 166 Å². The summed E-state index contributed by atoms with van der Waals surface area (Å²) in [5.41, 5.74) is 6.06. The van der Waals surface area contributed by atoms with Crippen LogP contribution in [-0.4, -0.2) is 30.2 Å². The Kier molecular flexibility index (Phi) is 6.65. The van der Waals surface area contributed by atoms with Gasteiger partial charge in [-0.25, -0.2) is 4.39 Å². The molecule has 0 aromatic heterocycles. The lowest BCUT2D eigenvalue weighted by atomic mass is 9.92. The fourth-order valence-corrected chi connectivity index (χ4v) is 3.76. The lowest BCUT2D eigenvalue weighted by Crippen LogP contribution is -2.36. The monoisotopic (exact) mass is 384 g/mol. The molecule has 3 atom stereocenters. The lowest BCUT2D eigenvalue weighted by molar-refractivity contribution is -0.201. The minimum absolute atomic E-state index is 0.197. The van der Waals surface area contributed by atoms with Gasteiger partial charge in [-0.05, 0) is 67.6 Å². The number of hydrogen-bond acceptors (Lipinski definition) is 3. The fraction of sp³-hybridized carbons (Fsp3) is 0.417. The van der Waals surface area contributed by atoms with Crippen molar-refractivity contribution in [2.24, 2.45) is 0 Å². The molecule has 0 radical (unpaired) electrons. The van der Waals surface area contributed by atoms with Crippen molar-refractivity contribution in [3.8, 4) is 11.1 Å². The summed E-state index contributed by atoms with van der Waals surface area (Å²) in [6, 6.07) is 9.48. The number of aliphatic hydroxyl groups excluding tert-OH is 1. The molecule has 0 aliphatic carbocycles. The maximum Gasteiger partial charge on any atom is 0.160 e. The van der Waals surface area contributed by atoms with Crippen LogP contribution < -0.4 is 0 Å². The van der Waals surface area contributed by atoms with Gasteiger partial charge in [-0.3, -0.25) is 0 Å². The minimum Gasteiger partial charge on any atom is -0.393 e. The predicted molar refractivity (Wildman–Crippen MR) is 111 cm³/mol. The van der Waals surface area contributed by atoms with Crippen LogP contribution in [0.15, 0.2) is 36.4 Å². The van der Waals surface area contributed by atoms with E-state index in [2.05, 4.69) is 32.1 Å². The van der Waals surface area contributed by atoms with Crippen LogP contribution in [0, 0.1) is 26.6 Å². The summed E-state index contributed by atoms with van der Waals surface area (Å²) in [5.74, 6) is -0.197. The van der Waals surface area contributed by atoms with Gasteiger partial charge in [0.05, 0.1) is 12.2 Å². The Balaban J connectivity index is 1.93. The molecule has 0 spiro atoms. The number of hydrogen-bond donors (Lipinski definition) is 1. The quantitative estimate of drug-likeness (QED) is 0.757. The normalized spacial score (nSPS) is 22.7. The zero-order chi connectivity index (χ0) is 20.3. The third-order valence-electron chi connectivity index (χ3n) is 5.13. The van der Waals surface area contributed by atoms with Gasteiger partial charge in [0.25, 0.3) is 0 Å². The molecule has 2 aromatic carbocycles. The maximum absolute atomic E-state index is 13.7. The predicted octanol–water partition coefficient (Wildman–Crippen LogP) is 5.33. The van der Waals surface area contributed by atoms with Crippen molar-refractivity contribution in [3.05, 3.63) is 64.5 Å². The number of ether oxygens (including phenoxy) is 2. The number of rotatable bonds is 5. The SMILES string of the molecule is CCOC1C[C@H](O)C[C@@H](/C=C/c2c(C)cc(C)cc2-c2ccc(F)c(C)c2)O1. The highest BCUT2D eigenvalue weighted by molar-refractivity contribution is 5.78. The summed E-state index contributed by atoms with van der Waals surface area (Å²) in [6.45, 7) is 8.39. The molecule has 2 aromatic rings. The van der Waals surface area contributed by atoms with Crippen LogP contribution in [0.3, 0.4) is 0 Å². The first-order valence-corrected chi connectivity index (χ1v) is 9.88. The largest absolute Gasteiger partial charge is 0.393 e. The highest BCUT2D eigenvalue weighted by Gasteiger charge is 2.27. The molecule has 1 fully saturated rings. The molecule has 3 nitrogen and oxygen atoms in total. The Morgan fingerprint density at radius 2 is 1.93 bits per heavy atom. The minimum atomic E-state index is -0.432. The van der Waals surface area contributed by atoms with Gasteiger partial charge in [-0.1, -0.05) is 35.9 Å². The molecule has 1 saturated heterocycles. The summed E-state index contributed by atoms with van der Waals surface area (Å²) in [4.78, 5) is 0. The van der Waals surface area contributed by atoms with E-state index in [4.69, 9.17) is 9.47 Å². The van der Waals surface area contributed by atoms with Gasteiger partial charge >= 0.3 is 0 Å². The summed E-state index contributed by atoms with van der Waals surface area (Å²) in [5, 5.41) is 10.1. The lowest BCUT2D eigenvalue weighted by Gasteiger charge is -2.31. The van der Waals surface area contributed by atoms with Crippen molar-refractivity contribution < 1.29 is 19.0 Å². The Bertz CT molecular complexity index is 859. The van der Waals surface area contributed by atoms with Crippen LogP contribution in [-0.2, 0) is 9.47 Å². The molecule has 28 heavy (non-hydrogen) atoms. The van der Waals surface area contributed by atoms with Crippen LogP contribution in [0.2, 0.25) is 0 Å². The second-order valence-electron chi connectivity index (χ2n) is 7.55. The van der Waals surface area contributed by atoms with Gasteiger partial charge in [-0.2, -0.15) is 0 Å². The molecule has 3 rings (SSSR count). The van der Waals surface area contributed by atoms with Crippen molar-refractivity contribution in [2.75, 3.05) is 6.61 Å². The van der Waals surface area contributed by atoms with Crippen molar-refractivity contribution >= 4 is 6.08 Å². The van der Waals surface area contributed by atoms with E-state index in [1.165, 1.54) is 6.07 Å². The van der Waals surface area contributed by atoms with Gasteiger partial charge in [0.2, 0.25) is 0 Å². The molecule has 4 heteroatoms. The number of benzene rings is 2. The molecule has 1 aliphatic heterocycles. The van der Waals surface area contributed by atoms with Crippen molar-refractivity contribution in [1.82, 2.24) is 0 Å². The van der Waals surface area contributed by atoms with Crippen molar-refractivity contribution in [1.29, 1.82) is 0 Å². The topological polar surface area (TPSA) is 38.7 Å². The van der Waals surface area contributed by atoms with E-state index in [1.54, 1.807) is 6.92 Å². The van der Waals surface area contributed by atoms with E-state index in [0.717, 1.165) is 27.8 Å². The van der Waals surface area contributed by atoms with Gasteiger partial charge in [0.15, 0.2) is 6.29 Å². The summed E-state index contributed by atoms with van der Waals surface area (Å²) in [6.07, 6.45) is 4.09. The number of aryl methyl sites for hydroxylation is 3. The molecule has 1 aliphatic rings. The number of aliphatic hydroxyl groups is 1. The molecular formula is C24H29FO3. The molecule has 1 heterocycles. The van der Waals surface area contributed by atoms with E-state index in [9.17, 15) is 9.50 Å². The zero-order valence-corrected chi connectivity index (χ0v) is 17.0. The van der Waals surface area contributed by atoms with Gasteiger partial charge in [0.1, 0.15) is 5.82 Å². The fourth-order valence-electron chi connectivity index (χ4n) is 3.76. The Morgan fingerprint density at radius 1 is 1.14 bits per heavy atom. The average Bonchev–Trinajstić information content (AvgIpc) is 2.62. The van der Waals surface area contributed by atoms with E-state index in [-0.39, 0.29) is 18.2 Å². The molecule has 0 bridgehead atoms. The van der Waals surface area contributed by atoms with Gasteiger partial charge in [-0.15, -0.1) is 0 Å². The van der Waals surface area contributed by atoms with E-state index >= 15 is 0 Å². The Morgan fingerprint density at radius 3 is 2.64 bits per heavy atom. The highest BCUT2D eigenvalue weighted by atomic mass is 19.1. The summed E-state index contributed by atoms with van der Waals surface area (Å²) in [7, 11) is 0. The number of halogens is 1. The smallest absolute Gasteiger partial charge is 0.160 e. The van der Waals surface area contributed by atoms with E-state index in [1.807, 2.05) is 25.1 Å². The molecule has 150 valence electrons. The van der Waals surface area contributed by atoms with Gasteiger partial charge < -0.3 is 14.6 Å². The van der Waals surface area contributed by atoms with E-state index < -0.39 is 6.10 Å². The summed E-state index contributed by atoms with van der Waals surface area (Å²) < 4.78 is 25.2. The van der Waals surface area contributed by atoms with Crippen LogP contribution in [0.5, 0.6) is 0 Å². The first-order chi connectivity index (χ1) is 13.4. The molecule has 1 N–H and O–H groups in total. The zero-order valence-electron chi connectivity index (χ0n) is 17.0. The molecule has 1 unspecified atom stereocenters. The third kappa shape index (κ3) is 4.88. The van der Waals surface area contributed by atoms with Crippen molar-refractivity contribution in [2.45, 2.75) is 59.0 Å². The summed E-state index contributed by atoms with van der Waals surface area (Å²) >= 11 is 0. The average molecular weight is 384 g/mol. The van der Waals surface area contributed by atoms with Crippen molar-refractivity contribution in [3.63, 3.8) is 0 Å². The standard InChI is InChI=1S/C24H29FO3/c1-5-27-24-14-19(26)13-20(28-24)7-8-21-16(3)10-15(2)11-22(21)18-6-9-23(25)17(4)12-18/h6-12,19-20,24,26H,5,13-14H2,1-4H3/b8-7+/t19-,20-,24?/m1/s1. The van der Waals surface area contributed by atoms with Gasteiger partial charge in [0, 0.05) is 19.4 Å².